The molecule has 1 N–H and O–H groups in total. The normalized spacial score (nSPS) is 12.4. The summed E-state index contributed by atoms with van der Waals surface area (Å²) < 4.78 is 40.6. The van der Waals surface area contributed by atoms with E-state index in [0.717, 1.165) is 15.7 Å². The van der Waals surface area contributed by atoms with Crippen LogP contribution in [0.4, 0.5) is 13.2 Å². The summed E-state index contributed by atoms with van der Waals surface area (Å²) in [5, 5.41) is 3.98. The van der Waals surface area contributed by atoms with Gasteiger partial charge in [-0.05, 0) is 31.5 Å². The molecule has 140 valence electrons. The number of benzene rings is 2. The molecule has 1 amide bonds. The highest BCUT2D eigenvalue weighted by Gasteiger charge is 2.37. The number of carbonyl (C=O) groups is 1. The van der Waals surface area contributed by atoms with Gasteiger partial charge < -0.3 is 4.57 Å². The standard InChI is InChI=1S/C19H17F3N4O/c1-12-7-9-14(10-8-12)13(2)24-25-17(27)11-26-16-6-4-3-5-15(16)23-18(26)19(20,21)22/h3-10H,11H2,1-2H3,(H,25,27). The molecule has 0 aliphatic heterocycles. The van der Waals surface area contributed by atoms with E-state index in [1.54, 1.807) is 19.1 Å². The zero-order chi connectivity index (χ0) is 19.6. The summed E-state index contributed by atoms with van der Waals surface area (Å²) in [6, 6.07) is 13.7. The molecule has 0 saturated heterocycles. The molecule has 8 heteroatoms. The maximum atomic E-state index is 13.3. The largest absolute Gasteiger partial charge is 0.449 e. The van der Waals surface area contributed by atoms with E-state index in [1.165, 1.54) is 12.1 Å². The highest BCUT2D eigenvalue weighted by Crippen LogP contribution is 2.31. The second-order valence-electron chi connectivity index (χ2n) is 6.11. The summed E-state index contributed by atoms with van der Waals surface area (Å²) in [7, 11) is 0. The molecule has 0 saturated carbocycles. The van der Waals surface area contributed by atoms with Crippen LogP contribution in [0.2, 0.25) is 0 Å². The minimum atomic E-state index is -4.67. The van der Waals surface area contributed by atoms with Crippen LogP contribution in [0.25, 0.3) is 11.0 Å². The van der Waals surface area contributed by atoms with Crippen molar-refractivity contribution in [3.63, 3.8) is 0 Å². The molecule has 27 heavy (non-hydrogen) atoms. The van der Waals surface area contributed by atoms with Crippen LogP contribution < -0.4 is 5.43 Å². The Hall–Kier alpha value is -3.16. The van der Waals surface area contributed by atoms with Gasteiger partial charge in [0.15, 0.2) is 0 Å². The van der Waals surface area contributed by atoms with Crippen molar-refractivity contribution in [2.24, 2.45) is 5.10 Å². The van der Waals surface area contributed by atoms with Crippen molar-refractivity contribution in [2.75, 3.05) is 0 Å². The molecular weight excluding hydrogens is 357 g/mol. The molecule has 0 aliphatic carbocycles. The van der Waals surface area contributed by atoms with Gasteiger partial charge in [0.1, 0.15) is 6.54 Å². The Balaban J connectivity index is 1.82. The van der Waals surface area contributed by atoms with Crippen molar-refractivity contribution in [1.29, 1.82) is 0 Å². The van der Waals surface area contributed by atoms with E-state index in [0.29, 0.717) is 5.71 Å². The van der Waals surface area contributed by atoms with Crippen molar-refractivity contribution in [3.05, 3.63) is 65.5 Å². The summed E-state index contributed by atoms with van der Waals surface area (Å²) in [6.45, 7) is 3.12. The fourth-order valence-corrected chi connectivity index (χ4v) is 2.64. The van der Waals surface area contributed by atoms with Crippen LogP contribution in [-0.2, 0) is 17.5 Å². The van der Waals surface area contributed by atoms with Crippen LogP contribution in [-0.4, -0.2) is 21.2 Å². The number of amides is 1. The zero-order valence-corrected chi connectivity index (χ0v) is 14.7. The maximum absolute atomic E-state index is 13.3. The van der Waals surface area contributed by atoms with E-state index in [2.05, 4.69) is 15.5 Å². The molecule has 3 rings (SSSR count). The number of halogens is 3. The van der Waals surface area contributed by atoms with Crippen LogP contribution in [0.15, 0.2) is 53.6 Å². The Morgan fingerprint density at radius 2 is 1.81 bits per heavy atom. The van der Waals surface area contributed by atoms with E-state index in [4.69, 9.17) is 0 Å². The van der Waals surface area contributed by atoms with Gasteiger partial charge >= 0.3 is 6.18 Å². The smallest absolute Gasteiger partial charge is 0.311 e. The first kappa shape index (κ1) is 18.6. The number of rotatable bonds is 4. The Bertz CT molecular complexity index is 1000. The SMILES string of the molecule is CC(=NNC(=O)Cn1c(C(F)(F)F)nc2ccccc21)c1ccc(C)cc1. The maximum Gasteiger partial charge on any atom is 0.449 e. The van der Waals surface area contributed by atoms with Gasteiger partial charge in [-0.3, -0.25) is 4.79 Å². The number of imidazole rings is 1. The van der Waals surface area contributed by atoms with Gasteiger partial charge in [-0.2, -0.15) is 18.3 Å². The van der Waals surface area contributed by atoms with Gasteiger partial charge in [0.25, 0.3) is 5.91 Å². The summed E-state index contributed by atoms with van der Waals surface area (Å²) in [6.07, 6.45) is -4.67. The molecule has 0 atom stereocenters. The number of para-hydroxylation sites is 2. The van der Waals surface area contributed by atoms with Gasteiger partial charge in [0, 0.05) is 0 Å². The fraction of sp³-hybridized carbons (Fsp3) is 0.211. The molecule has 2 aromatic carbocycles. The molecule has 5 nitrogen and oxygen atoms in total. The average Bonchev–Trinajstić information content (AvgIpc) is 2.99. The zero-order valence-electron chi connectivity index (χ0n) is 14.7. The predicted octanol–water partition coefficient (Wildman–Crippen LogP) is 3.90. The van der Waals surface area contributed by atoms with Crippen LogP contribution in [0.1, 0.15) is 23.9 Å². The van der Waals surface area contributed by atoms with Crippen molar-refractivity contribution in [2.45, 2.75) is 26.6 Å². The van der Waals surface area contributed by atoms with Crippen LogP contribution in [0, 0.1) is 6.92 Å². The lowest BCUT2D eigenvalue weighted by Crippen LogP contribution is -2.27. The van der Waals surface area contributed by atoms with Crippen molar-refractivity contribution >= 4 is 22.7 Å². The number of hydrazone groups is 1. The lowest BCUT2D eigenvalue weighted by molar-refractivity contribution is -0.147. The molecule has 1 heterocycles. The van der Waals surface area contributed by atoms with Crippen molar-refractivity contribution < 1.29 is 18.0 Å². The van der Waals surface area contributed by atoms with Crippen LogP contribution in [0.5, 0.6) is 0 Å². The molecule has 0 fully saturated rings. The lowest BCUT2D eigenvalue weighted by Gasteiger charge is -2.10. The van der Waals surface area contributed by atoms with Gasteiger partial charge in [-0.15, -0.1) is 0 Å². The van der Waals surface area contributed by atoms with Gasteiger partial charge in [0.05, 0.1) is 16.7 Å². The molecular formula is C19H17F3N4O. The first-order valence-electron chi connectivity index (χ1n) is 8.18. The molecule has 1 aromatic heterocycles. The number of alkyl halides is 3. The minimum absolute atomic E-state index is 0.178. The Morgan fingerprint density at radius 1 is 1.15 bits per heavy atom. The van der Waals surface area contributed by atoms with E-state index >= 15 is 0 Å². The molecule has 0 bridgehead atoms. The monoisotopic (exact) mass is 374 g/mol. The van der Waals surface area contributed by atoms with Gasteiger partial charge in [-0.1, -0.05) is 42.0 Å². The highest BCUT2D eigenvalue weighted by molar-refractivity contribution is 5.99. The number of aryl methyl sites for hydroxylation is 1. The number of nitrogens with zero attached hydrogens (tertiary/aromatic N) is 3. The molecule has 0 unspecified atom stereocenters. The quantitative estimate of drug-likeness (QED) is 0.556. The minimum Gasteiger partial charge on any atom is -0.311 e. The number of carbonyl (C=O) groups excluding carboxylic acids is 1. The topological polar surface area (TPSA) is 59.3 Å². The molecule has 0 aliphatic rings. The molecule has 3 aromatic rings. The van der Waals surface area contributed by atoms with Crippen LogP contribution in [0.3, 0.4) is 0 Å². The molecule has 0 radical (unpaired) electrons. The Morgan fingerprint density at radius 3 is 2.48 bits per heavy atom. The third-order valence-corrected chi connectivity index (χ3v) is 4.03. The van der Waals surface area contributed by atoms with Crippen LogP contribution >= 0.6 is 0 Å². The van der Waals surface area contributed by atoms with Crippen molar-refractivity contribution in [1.82, 2.24) is 15.0 Å². The van der Waals surface area contributed by atoms with E-state index in [-0.39, 0.29) is 11.0 Å². The summed E-state index contributed by atoms with van der Waals surface area (Å²) in [5.74, 6) is -1.78. The first-order valence-corrected chi connectivity index (χ1v) is 8.18. The van der Waals surface area contributed by atoms with E-state index < -0.39 is 24.5 Å². The third-order valence-electron chi connectivity index (χ3n) is 4.03. The lowest BCUT2D eigenvalue weighted by atomic mass is 10.1. The second-order valence-corrected chi connectivity index (χ2v) is 6.11. The first-order chi connectivity index (χ1) is 12.8. The predicted molar refractivity (Wildman–Crippen MR) is 96.3 cm³/mol. The number of aromatic nitrogens is 2. The molecule has 0 spiro atoms. The number of nitrogens with one attached hydrogen (secondary N) is 1. The Kier molecular flexibility index (Phi) is 4.98. The second kappa shape index (κ2) is 7.22. The van der Waals surface area contributed by atoms with Crippen molar-refractivity contribution in [3.8, 4) is 0 Å². The third kappa shape index (κ3) is 4.16. The summed E-state index contributed by atoms with van der Waals surface area (Å²) in [5.41, 5.74) is 5.17. The van der Waals surface area contributed by atoms with E-state index in [9.17, 15) is 18.0 Å². The summed E-state index contributed by atoms with van der Waals surface area (Å²) in [4.78, 5) is 15.8. The Labute approximate surface area is 153 Å². The summed E-state index contributed by atoms with van der Waals surface area (Å²) >= 11 is 0. The number of fused-ring (bicyclic) bond motifs is 1. The number of hydrogen-bond acceptors (Lipinski definition) is 3. The van der Waals surface area contributed by atoms with Gasteiger partial charge in [-0.25, -0.2) is 10.4 Å². The van der Waals surface area contributed by atoms with E-state index in [1.807, 2.05) is 31.2 Å². The number of hydrogen-bond donors (Lipinski definition) is 1. The highest BCUT2D eigenvalue weighted by atomic mass is 19.4. The fourth-order valence-electron chi connectivity index (χ4n) is 2.64. The van der Waals surface area contributed by atoms with Gasteiger partial charge in [0.2, 0.25) is 5.82 Å². The average molecular weight is 374 g/mol.